The number of carbonyl (C=O) groups is 1. The van der Waals surface area contributed by atoms with Gasteiger partial charge < -0.3 is 10.1 Å². The Kier molecular flexibility index (Phi) is 6.59. The number of amides is 1. The number of anilines is 1. The highest BCUT2D eigenvalue weighted by Gasteiger charge is 2.51. The Hall–Kier alpha value is -2.38. The van der Waals surface area contributed by atoms with Crippen molar-refractivity contribution in [1.82, 2.24) is 5.32 Å². The molecule has 0 heterocycles. The van der Waals surface area contributed by atoms with Crippen molar-refractivity contribution in [3.8, 4) is 0 Å². The molecule has 1 aliphatic carbocycles. The zero-order valence-corrected chi connectivity index (χ0v) is 17.7. The first-order valence-electron chi connectivity index (χ1n) is 9.91. The molecule has 3 rings (SSSR count). The third-order valence-electron chi connectivity index (χ3n) is 5.24. The van der Waals surface area contributed by atoms with E-state index in [1.54, 1.807) is 31.4 Å². The zero-order chi connectivity index (χ0) is 20.9. The lowest BCUT2D eigenvalue weighted by molar-refractivity contribution is -0.123. The highest BCUT2D eigenvalue weighted by molar-refractivity contribution is 7.92. The maximum absolute atomic E-state index is 12.6. The molecule has 2 aromatic rings. The van der Waals surface area contributed by atoms with Gasteiger partial charge in [0.25, 0.3) is 10.0 Å². The number of ether oxygens (including phenoxy) is 1. The molecule has 0 radical (unpaired) electrons. The monoisotopic (exact) mass is 416 g/mol. The summed E-state index contributed by atoms with van der Waals surface area (Å²) in [5.41, 5.74) is 2.00. The molecule has 0 atom stereocenters. The molecule has 0 spiro atoms. The van der Waals surface area contributed by atoms with Crippen LogP contribution in [-0.2, 0) is 31.4 Å². The van der Waals surface area contributed by atoms with Crippen LogP contribution in [-0.4, -0.2) is 34.6 Å². The first-order chi connectivity index (χ1) is 13.9. The van der Waals surface area contributed by atoms with E-state index in [1.165, 1.54) is 0 Å². The molecule has 2 aromatic carbocycles. The lowest BCUT2D eigenvalue weighted by Crippen LogP contribution is -2.36. The van der Waals surface area contributed by atoms with E-state index < -0.39 is 15.4 Å². The Bertz CT molecular complexity index is 934. The molecular formula is C22H28N2O4S. The van der Waals surface area contributed by atoms with Gasteiger partial charge in [0.05, 0.1) is 16.9 Å². The molecule has 156 valence electrons. The van der Waals surface area contributed by atoms with Crippen LogP contribution < -0.4 is 10.0 Å². The average Bonchev–Trinajstić information content (AvgIpc) is 3.51. The number of hydrogen-bond acceptors (Lipinski definition) is 4. The first-order valence-corrected chi connectivity index (χ1v) is 11.4. The predicted octanol–water partition coefficient (Wildman–Crippen LogP) is 3.23. The second kappa shape index (κ2) is 8.97. The molecule has 0 unspecified atom stereocenters. The Labute approximate surface area is 172 Å². The number of benzene rings is 2. The van der Waals surface area contributed by atoms with Crippen LogP contribution in [0.4, 0.5) is 5.69 Å². The van der Waals surface area contributed by atoms with Crippen LogP contribution in [0.15, 0.2) is 53.4 Å². The molecule has 0 bridgehead atoms. The van der Waals surface area contributed by atoms with E-state index in [0.29, 0.717) is 18.8 Å². The Morgan fingerprint density at radius 2 is 1.72 bits per heavy atom. The SMILES string of the molecule is CCCc1ccc(S(=O)(=O)Nc2ccc(C3(C(=O)NCCOC)CC3)cc2)cc1. The van der Waals surface area contributed by atoms with Gasteiger partial charge in [-0.25, -0.2) is 8.42 Å². The van der Waals surface area contributed by atoms with E-state index in [9.17, 15) is 13.2 Å². The number of sulfonamides is 1. The lowest BCUT2D eigenvalue weighted by atomic mass is 9.95. The summed E-state index contributed by atoms with van der Waals surface area (Å²) >= 11 is 0. The number of methoxy groups -OCH3 is 1. The normalized spacial score (nSPS) is 15.0. The summed E-state index contributed by atoms with van der Waals surface area (Å²) in [5.74, 6) is -0.00458. The Morgan fingerprint density at radius 1 is 1.07 bits per heavy atom. The minimum atomic E-state index is -3.65. The summed E-state index contributed by atoms with van der Waals surface area (Å²) in [7, 11) is -2.06. The third kappa shape index (κ3) is 4.97. The van der Waals surface area contributed by atoms with E-state index in [2.05, 4.69) is 17.0 Å². The summed E-state index contributed by atoms with van der Waals surface area (Å²) in [4.78, 5) is 12.7. The standard InChI is InChI=1S/C22H28N2O4S/c1-3-4-17-5-11-20(12-6-17)29(26,27)24-19-9-7-18(8-10-19)22(13-14-22)21(25)23-15-16-28-2/h5-12,24H,3-4,13-16H2,1-2H3,(H,23,25). The van der Waals surface area contributed by atoms with Crippen molar-refractivity contribution in [1.29, 1.82) is 0 Å². The smallest absolute Gasteiger partial charge is 0.261 e. The number of carbonyl (C=O) groups excluding carboxylic acids is 1. The van der Waals surface area contributed by atoms with Gasteiger partial charge in [0.15, 0.2) is 0 Å². The van der Waals surface area contributed by atoms with Crippen LogP contribution in [0.5, 0.6) is 0 Å². The fraction of sp³-hybridized carbons (Fsp3) is 0.409. The fourth-order valence-electron chi connectivity index (χ4n) is 3.40. The average molecular weight is 417 g/mol. The number of nitrogens with one attached hydrogen (secondary N) is 2. The summed E-state index contributed by atoms with van der Waals surface area (Å²) in [6.45, 7) is 3.04. The summed E-state index contributed by atoms with van der Waals surface area (Å²) in [6.07, 6.45) is 3.53. The van der Waals surface area contributed by atoms with Crippen LogP contribution >= 0.6 is 0 Å². The van der Waals surface area contributed by atoms with Gasteiger partial charge in [-0.15, -0.1) is 0 Å². The van der Waals surface area contributed by atoms with Crippen molar-refractivity contribution in [2.75, 3.05) is 25.0 Å². The third-order valence-corrected chi connectivity index (χ3v) is 6.64. The zero-order valence-electron chi connectivity index (χ0n) is 16.9. The van der Waals surface area contributed by atoms with Crippen molar-refractivity contribution < 1.29 is 17.9 Å². The van der Waals surface area contributed by atoms with E-state index in [1.807, 2.05) is 24.3 Å². The highest BCUT2D eigenvalue weighted by Crippen LogP contribution is 2.48. The van der Waals surface area contributed by atoms with Crippen LogP contribution in [0.25, 0.3) is 0 Å². The molecule has 1 saturated carbocycles. The van der Waals surface area contributed by atoms with E-state index >= 15 is 0 Å². The topological polar surface area (TPSA) is 84.5 Å². The molecule has 6 nitrogen and oxygen atoms in total. The van der Waals surface area contributed by atoms with E-state index in [-0.39, 0.29) is 10.8 Å². The van der Waals surface area contributed by atoms with Gasteiger partial charge in [-0.2, -0.15) is 0 Å². The highest BCUT2D eigenvalue weighted by atomic mass is 32.2. The number of aryl methyl sites for hydroxylation is 1. The molecule has 2 N–H and O–H groups in total. The molecule has 29 heavy (non-hydrogen) atoms. The molecule has 1 fully saturated rings. The first kappa shape index (κ1) is 21.3. The van der Waals surface area contributed by atoms with Crippen molar-refractivity contribution in [3.63, 3.8) is 0 Å². The van der Waals surface area contributed by atoms with Crippen molar-refractivity contribution in [2.24, 2.45) is 0 Å². The fourth-order valence-corrected chi connectivity index (χ4v) is 4.46. The molecule has 7 heteroatoms. The van der Waals surface area contributed by atoms with Crippen LogP contribution in [0.3, 0.4) is 0 Å². The van der Waals surface area contributed by atoms with E-state index in [4.69, 9.17) is 4.74 Å². The van der Waals surface area contributed by atoms with Gasteiger partial charge in [-0.05, 0) is 54.7 Å². The van der Waals surface area contributed by atoms with Crippen LogP contribution in [0.2, 0.25) is 0 Å². The summed E-state index contributed by atoms with van der Waals surface area (Å²) in [5, 5.41) is 2.90. The molecule has 0 aromatic heterocycles. The van der Waals surface area contributed by atoms with Gasteiger partial charge in [0.1, 0.15) is 0 Å². The van der Waals surface area contributed by atoms with Gasteiger partial charge in [-0.3, -0.25) is 9.52 Å². The van der Waals surface area contributed by atoms with Gasteiger partial charge >= 0.3 is 0 Å². The van der Waals surface area contributed by atoms with Crippen molar-refractivity contribution >= 4 is 21.6 Å². The van der Waals surface area contributed by atoms with Crippen LogP contribution in [0, 0.1) is 0 Å². The van der Waals surface area contributed by atoms with Gasteiger partial charge in [0.2, 0.25) is 5.91 Å². The molecule has 1 amide bonds. The van der Waals surface area contributed by atoms with Crippen molar-refractivity contribution in [3.05, 3.63) is 59.7 Å². The largest absolute Gasteiger partial charge is 0.383 e. The molecule has 0 saturated heterocycles. The Balaban J connectivity index is 1.68. The summed E-state index contributed by atoms with van der Waals surface area (Å²) < 4.78 is 32.8. The van der Waals surface area contributed by atoms with Crippen molar-refractivity contribution in [2.45, 2.75) is 42.9 Å². The maximum Gasteiger partial charge on any atom is 0.261 e. The summed E-state index contributed by atoms with van der Waals surface area (Å²) in [6, 6.07) is 14.0. The lowest BCUT2D eigenvalue weighted by Gasteiger charge is -2.16. The minimum Gasteiger partial charge on any atom is -0.383 e. The minimum absolute atomic E-state index is 0.00458. The quantitative estimate of drug-likeness (QED) is 0.583. The molecule has 1 aliphatic rings. The second-order valence-electron chi connectivity index (χ2n) is 7.41. The molecular weight excluding hydrogens is 388 g/mol. The Morgan fingerprint density at radius 3 is 2.28 bits per heavy atom. The van der Waals surface area contributed by atoms with Crippen LogP contribution in [0.1, 0.15) is 37.3 Å². The molecule has 0 aliphatic heterocycles. The second-order valence-corrected chi connectivity index (χ2v) is 9.09. The van der Waals surface area contributed by atoms with E-state index in [0.717, 1.165) is 36.8 Å². The van der Waals surface area contributed by atoms with Gasteiger partial charge in [0, 0.05) is 19.3 Å². The number of rotatable bonds is 10. The maximum atomic E-state index is 12.6. The predicted molar refractivity (Wildman–Crippen MR) is 113 cm³/mol. The van der Waals surface area contributed by atoms with Gasteiger partial charge in [-0.1, -0.05) is 37.6 Å². The number of hydrogen-bond donors (Lipinski definition) is 2.